The number of non-ortho nitro benzene ring substituents is 1. The molecule has 0 saturated carbocycles. The van der Waals surface area contributed by atoms with Crippen LogP contribution in [0.5, 0.6) is 0 Å². The van der Waals surface area contributed by atoms with Gasteiger partial charge in [0.2, 0.25) is 5.91 Å². The van der Waals surface area contributed by atoms with Gasteiger partial charge in [0.05, 0.1) is 21.6 Å². The summed E-state index contributed by atoms with van der Waals surface area (Å²) >= 11 is 6.28. The van der Waals surface area contributed by atoms with Crippen LogP contribution in [0.25, 0.3) is 0 Å². The molecule has 0 spiro atoms. The average Bonchev–Trinajstić information content (AvgIpc) is 2.52. The highest BCUT2D eigenvalue weighted by Gasteiger charge is 2.28. The first kappa shape index (κ1) is 17.5. The highest BCUT2D eigenvalue weighted by Crippen LogP contribution is 2.36. The lowest BCUT2D eigenvalue weighted by Crippen LogP contribution is -2.43. The van der Waals surface area contributed by atoms with E-state index in [1.54, 1.807) is 0 Å². The fourth-order valence-corrected chi connectivity index (χ4v) is 3.39. The fourth-order valence-electron chi connectivity index (χ4n) is 3.01. The largest absolute Gasteiger partial charge is 0.369 e. The molecule has 1 unspecified atom stereocenters. The lowest BCUT2D eigenvalue weighted by atomic mass is 9.96. The van der Waals surface area contributed by atoms with Crippen LogP contribution in [0, 0.1) is 23.0 Å². The van der Waals surface area contributed by atoms with Gasteiger partial charge in [-0.25, -0.2) is 0 Å². The molecule has 0 aliphatic carbocycles. The summed E-state index contributed by atoms with van der Waals surface area (Å²) in [5, 5.41) is 14.2. The van der Waals surface area contributed by atoms with E-state index in [0.717, 1.165) is 37.1 Å². The molecule has 1 aliphatic rings. The number of halogens is 1. The molecular formula is C16H22ClN3O3. The van der Waals surface area contributed by atoms with Crippen molar-refractivity contribution in [3.63, 3.8) is 0 Å². The van der Waals surface area contributed by atoms with Gasteiger partial charge in [-0.3, -0.25) is 14.9 Å². The standard InChI is InChI=1S/C16H22ClN3O3/c1-3-6-18-16(21)12-5-4-7-19(10-12)15-11(2)8-13(20(22)23)9-14(15)17/h8-9,12H,3-7,10H2,1-2H3,(H,18,21). The minimum atomic E-state index is -0.445. The van der Waals surface area contributed by atoms with E-state index in [-0.39, 0.29) is 17.5 Å². The summed E-state index contributed by atoms with van der Waals surface area (Å²) in [6, 6.07) is 2.91. The molecule has 23 heavy (non-hydrogen) atoms. The summed E-state index contributed by atoms with van der Waals surface area (Å²) in [7, 11) is 0. The minimum absolute atomic E-state index is 0.00880. The summed E-state index contributed by atoms with van der Waals surface area (Å²) in [5.74, 6) is 0.00759. The molecule has 1 amide bonds. The number of carbonyl (C=O) groups is 1. The summed E-state index contributed by atoms with van der Waals surface area (Å²) in [6.45, 7) is 5.92. The van der Waals surface area contributed by atoms with E-state index in [0.29, 0.717) is 18.1 Å². The molecule has 1 heterocycles. The number of nitro groups is 1. The number of nitrogens with one attached hydrogen (secondary N) is 1. The van der Waals surface area contributed by atoms with E-state index in [1.807, 2.05) is 13.8 Å². The SMILES string of the molecule is CCCNC(=O)C1CCCN(c2c(C)cc([N+](=O)[O-])cc2Cl)C1. The Hall–Kier alpha value is -1.82. The van der Waals surface area contributed by atoms with Gasteiger partial charge in [0.1, 0.15) is 0 Å². The summed E-state index contributed by atoms with van der Waals surface area (Å²) in [4.78, 5) is 24.7. The van der Waals surface area contributed by atoms with Gasteiger partial charge in [-0.15, -0.1) is 0 Å². The molecule has 1 atom stereocenters. The van der Waals surface area contributed by atoms with Crippen molar-refractivity contribution >= 4 is 28.9 Å². The highest BCUT2D eigenvalue weighted by molar-refractivity contribution is 6.33. The molecule has 0 radical (unpaired) electrons. The van der Waals surface area contributed by atoms with Gasteiger partial charge in [-0.1, -0.05) is 18.5 Å². The maximum Gasteiger partial charge on any atom is 0.271 e. The first-order valence-corrected chi connectivity index (χ1v) is 8.29. The molecule has 1 N–H and O–H groups in total. The van der Waals surface area contributed by atoms with Gasteiger partial charge in [0.25, 0.3) is 5.69 Å². The molecule has 1 saturated heterocycles. The van der Waals surface area contributed by atoms with E-state index in [4.69, 9.17) is 11.6 Å². The topological polar surface area (TPSA) is 75.5 Å². The van der Waals surface area contributed by atoms with Gasteiger partial charge < -0.3 is 10.2 Å². The van der Waals surface area contributed by atoms with Crippen molar-refractivity contribution in [3.8, 4) is 0 Å². The van der Waals surface area contributed by atoms with Crippen LogP contribution in [0.15, 0.2) is 12.1 Å². The minimum Gasteiger partial charge on any atom is -0.369 e. The van der Waals surface area contributed by atoms with E-state index in [9.17, 15) is 14.9 Å². The number of rotatable bonds is 5. The molecule has 1 aliphatic heterocycles. The van der Waals surface area contributed by atoms with Crippen molar-refractivity contribution in [2.24, 2.45) is 5.92 Å². The maximum absolute atomic E-state index is 12.2. The van der Waals surface area contributed by atoms with Crippen molar-refractivity contribution < 1.29 is 9.72 Å². The summed E-state index contributed by atoms with van der Waals surface area (Å²) < 4.78 is 0. The molecule has 1 aromatic rings. The van der Waals surface area contributed by atoms with Crippen LogP contribution in [-0.4, -0.2) is 30.5 Å². The Labute approximate surface area is 141 Å². The van der Waals surface area contributed by atoms with Crippen molar-refractivity contribution in [3.05, 3.63) is 32.8 Å². The second-order valence-electron chi connectivity index (χ2n) is 5.93. The van der Waals surface area contributed by atoms with Crippen LogP contribution in [-0.2, 0) is 4.79 Å². The summed E-state index contributed by atoms with van der Waals surface area (Å²) in [6.07, 6.45) is 2.67. The fraction of sp³-hybridized carbons (Fsp3) is 0.562. The number of aryl methyl sites for hydroxylation is 1. The zero-order valence-electron chi connectivity index (χ0n) is 13.5. The number of hydrogen-bond donors (Lipinski definition) is 1. The molecule has 1 fully saturated rings. The lowest BCUT2D eigenvalue weighted by Gasteiger charge is -2.35. The van der Waals surface area contributed by atoms with Gasteiger partial charge in [-0.2, -0.15) is 0 Å². The molecule has 7 heteroatoms. The zero-order chi connectivity index (χ0) is 17.0. The number of nitrogens with zero attached hydrogens (tertiary/aromatic N) is 2. The lowest BCUT2D eigenvalue weighted by molar-refractivity contribution is -0.384. The second kappa shape index (κ2) is 7.64. The molecule has 126 valence electrons. The van der Waals surface area contributed by atoms with Crippen molar-refractivity contribution in [2.75, 3.05) is 24.5 Å². The molecule has 2 rings (SSSR count). The number of piperidine rings is 1. The van der Waals surface area contributed by atoms with Gasteiger partial charge in [-0.05, 0) is 31.7 Å². The molecule has 6 nitrogen and oxygen atoms in total. The molecule has 0 bridgehead atoms. The van der Waals surface area contributed by atoms with Crippen molar-refractivity contribution in [2.45, 2.75) is 33.1 Å². The maximum atomic E-state index is 12.2. The predicted octanol–water partition coefficient (Wildman–Crippen LogP) is 3.30. The highest BCUT2D eigenvalue weighted by atomic mass is 35.5. The average molecular weight is 340 g/mol. The number of amides is 1. The van der Waals surface area contributed by atoms with Crippen LogP contribution in [0.1, 0.15) is 31.7 Å². The number of hydrogen-bond acceptors (Lipinski definition) is 4. The van der Waals surface area contributed by atoms with Gasteiger partial charge in [0, 0.05) is 31.8 Å². The first-order chi connectivity index (χ1) is 10.9. The molecular weight excluding hydrogens is 318 g/mol. The van der Waals surface area contributed by atoms with Crippen molar-refractivity contribution in [1.29, 1.82) is 0 Å². The van der Waals surface area contributed by atoms with Crippen LogP contribution in [0.3, 0.4) is 0 Å². The van der Waals surface area contributed by atoms with E-state index in [1.165, 1.54) is 12.1 Å². The third-order valence-electron chi connectivity index (χ3n) is 4.11. The monoisotopic (exact) mass is 339 g/mol. The first-order valence-electron chi connectivity index (χ1n) is 7.91. The van der Waals surface area contributed by atoms with Crippen LogP contribution < -0.4 is 10.2 Å². The zero-order valence-corrected chi connectivity index (χ0v) is 14.2. The van der Waals surface area contributed by atoms with Crippen molar-refractivity contribution in [1.82, 2.24) is 5.32 Å². The van der Waals surface area contributed by atoms with E-state index < -0.39 is 4.92 Å². The van der Waals surface area contributed by atoms with Crippen LogP contribution >= 0.6 is 11.6 Å². The number of carbonyl (C=O) groups excluding carboxylic acids is 1. The normalized spacial score (nSPS) is 17.9. The Morgan fingerprint density at radius 3 is 2.87 bits per heavy atom. The third-order valence-corrected chi connectivity index (χ3v) is 4.40. The Morgan fingerprint density at radius 2 is 2.26 bits per heavy atom. The molecule has 1 aromatic carbocycles. The number of anilines is 1. The summed E-state index contributed by atoms with van der Waals surface area (Å²) in [5.41, 5.74) is 1.55. The van der Waals surface area contributed by atoms with Crippen LogP contribution in [0.4, 0.5) is 11.4 Å². The number of benzene rings is 1. The second-order valence-corrected chi connectivity index (χ2v) is 6.33. The van der Waals surface area contributed by atoms with Gasteiger partial charge >= 0.3 is 0 Å². The van der Waals surface area contributed by atoms with Crippen LogP contribution in [0.2, 0.25) is 5.02 Å². The van der Waals surface area contributed by atoms with E-state index in [2.05, 4.69) is 10.2 Å². The Morgan fingerprint density at radius 1 is 1.52 bits per heavy atom. The third kappa shape index (κ3) is 4.13. The predicted molar refractivity (Wildman–Crippen MR) is 91.1 cm³/mol. The number of nitro benzene ring substituents is 1. The Balaban J connectivity index is 2.18. The van der Waals surface area contributed by atoms with Gasteiger partial charge in [0.15, 0.2) is 0 Å². The van der Waals surface area contributed by atoms with E-state index >= 15 is 0 Å². The molecule has 0 aromatic heterocycles. The Bertz CT molecular complexity index is 583. The quantitative estimate of drug-likeness (QED) is 0.659. The Kier molecular flexibility index (Phi) is 5.82. The smallest absolute Gasteiger partial charge is 0.271 e.